The third-order valence-corrected chi connectivity index (χ3v) is 5.31. The molecule has 0 fully saturated rings. The first-order chi connectivity index (χ1) is 14.7. The highest BCUT2D eigenvalue weighted by Crippen LogP contribution is 2.34. The van der Waals surface area contributed by atoms with E-state index in [4.69, 9.17) is 15.5 Å². The Bertz CT molecular complexity index is 1230. The lowest BCUT2D eigenvalue weighted by Gasteiger charge is -2.20. The molecule has 3 heterocycles. The van der Waals surface area contributed by atoms with E-state index >= 15 is 0 Å². The van der Waals surface area contributed by atoms with Gasteiger partial charge in [0.2, 0.25) is 11.8 Å². The van der Waals surface area contributed by atoms with Crippen LogP contribution in [0.5, 0.6) is 5.88 Å². The quantitative estimate of drug-likeness (QED) is 0.475. The van der Waals surface area contributed by atoms with Gasteiger partial charge < -0.3 is 20.8 Å². The molecule has 2 aromatic heterocycles. The summed E-state index contributed by atoms with van der Waals surface area (Å²) >= 11 is 0. The van der Waals surface area contributed by atoms with Gasteiger partial charge in [-0.15, -0.1) is 0 Å². The van der Waals surface area contributed by atoms with Crippen molar-refractivity contribution in [2.45, 2.75) is 19.4 Å². The van der Waals surface area contributed by atoms with Crippen molar-refractivity contribution in [2.24, 2.45) is 5.73 Å². The number of ether oxygens (including phenoxy) is 1. The first-order valence-corrected chi connectivity index (χ1v) is 9.92. The number of fused-ring (bicyclic) bond motifs is 2. The van der Waals surface area contributed by atoms with E-state index in [0.717, 1.165) is 40.7 Å². The number of rotatable bonds is 5. The molecule has 0 saturated carbocycles. The molecule has 150 valence electrons. The van der Waals surface area contributed by atoms with E-state index in [2.05, 4.69) is 27.4 Å². The molecule has 1 aliphatic heterocycles. The van der Waals surface area contributed by atoms with Crippen molar-refractivity contribution in [2.75, 3.05) is 11.9 Å². The lowest BCUT2D eigenvalue weighted by Crippen LogP contribution is -2.15. The average Bonchev–Trinajstić information content (AvgIpc) is 3.22. The third-order valence-electron chi connectivity index (χ3n) is 5.31. The minimum Gasteiger partial charge on any atom is -0.477 e. The number of anilines is 1. The number of aromatic amines is 1. The number of hydrogen-bond acceptors (Lipinski definition) is 5. The fourth-order valence-electron chi connectivity index (χ4n) is 3.83. The topological polar surface area (TPSA) is 106 Å². The summed E-state index contributed by atoms with van der Waals surface area (Å²) in [6.45, 7) is 1.29. The largest absolute Gasteiger partial charge is 0.477 e. The SMILES string of the molecule is NC(=O)c1cccc2c(-c3nc(NCc4ccccc4)c4c(n3)OCCC4)[nH]cc12. The van der Waals surface area contributed by atoms with E-state index < -0.39 is 5.91 Å². The highest BCUT2D eigenvalue weighted by Gasteiger charge is 2.22. The Morgan fingerprint density at radius 3 is 2.80 bits per heavy atom. The number of nitrogens with zero attached hydrogens (tertiary/aromatic N) is 2. The molecule has 7 nitrogen and oxygen atoms in total. The number of primary amides is 1. The number of nitrogens with one attached hydrogen (secondary N) is 2. The van der Waals surface area contributed by atoms with Crippen LogP contribution in [0.2, 0.25) is 0 Å². The van der Waals surface area contributed by atoms with Crippen LogP contribution in [0.4, 0.5) is 5.82 Å². The van der Waals surface area contributed by atoms with Crippen molar-refractivity contribution < 1.29 is 9.53 Å². The zero-order valence-corrected chi connectivity index (χ0v) is 16.3. The van der Waals surface area contributed by atoms with Crippen LogP contribution >= 0.6 is 0 Å². The second kappa shape index (κ2) is 7.51. The molecule has 0 bridgehead atoms. The molecule has 0 spiro atoms. The van der Waals surface area contributed by atoms with Gasteiger partial charge in [-0.3, -0.25) is 4.79 Å². The van der Waals surface area contributed by atoms with E-state index in [1.807, 2.05) is 30.3 Å². The summed E-state index contributed by atoms with van der Waals surface area (Å²) in [6, 6.07) is 15.6. The molecule has 0 atom stereocenters. The van der Waals surface area contributed by atoms with Crippen molar-refractivity contribution in [1.29, 1.82) is 0 Å². The van der Waals surface area contributed by atoms with Gasteiger partial charge in [0.25, 0.3) is 0 Å². The summed E-state index contributed by atoms with van der Waals surface area (Å²) < 4.78 is 5.85. The first kappa shape index (κ1) is 18.2. The molecule has 0 radical (unpaired) electrons. The van der Waals surface area contributed by atoms with Gasteiger partial charge in [-0.1, -0.05) is 42.5 Å². The molecule has 1 aliphatic rings. The number of carbonyl (C=O) groups is 1. The van der Waals surface area contributed by atoms with Gasteiger partial charge in [0.05, 0.1) is 17.9 Å². The van der Waals surface area contributed by atoms with Gasteiger partial charge in [0, 0.05) is 29.1 Å². The van der Waals surface area contributed by atoms with Gasteiger partial charge >= 0.3 is 0 Å². The van der Waals surface area contributed by atoms with Crippen molar-refractivity contribution in [1.82, 2.24) is 15.0 Å². The minimum absolute atomic E-state index is 0.464. The van der Waals surface area contributed by atoms with Crippen LogP contribution in [-0.2, 0) is 13.0 Å². The van der Waals surface area contributed by atoms with Gasteiger partial charge in [-0.25, -0.2) is 4.98 Å². The zero-order valence-electron chi connectivity index (χ0n) is 16.3. The molecular weight excluding hydrogens is 378 g/mol. The van der Waals surface area contributed by atoms with Crippen LogP contribution in [-0.4, -0.2) is 27.5 Å². The van der Waals surface area contributed by atoms with E-state index in [1.54, 1.807) is 12.3 Å². The van der Waals surface area contributed by atoms with Crippen LogP contribution in [0, 0.1) is 0 Å². The highest BCUT2D eigenvalue weighted by atomic mass is 16.5. The zero-order chi connectivity index (χ0) is 20.5. The number of carbonyl (C=O) groups excluding carboxylic acids is 1. The summed E-state index contributed by atoms with van der Waals surface area (Å²) in [5, 5.41) is 5.04. The standard InChI is InChI=1S/C23H21N5O2/c24-20(29)16-9-4-8-15-18(16)13-25-19(15)22-27-21(17-10-5-11-30-23(17)28-22)26-12-14-6-2-1-3-7-14/h1-4,6-9,13,25H,5,10-12H2,(H2,24,29)(H,26,27,28). The van der Waals surface area contributed by atoms with E-state index in [9.17, 15) is 4.79 Å². The van der Waals surface area contributed by atoms with E-state index in [-0.39, 0.29) is 0 Å². The maximum Gasteiger partial charge on any atom is 0.249 e. The molecular formula is C23H21N5O2. The Kier molecular flexibility index (Phi) is 4.55. The Morgan fingerprint density at radius 1 is 1.10 bits per heavy atom. The fourth-order valence-corrected chi connectivity index (χ4v) is 3.83. The monoisotopic (exact) mass is 399 g/mol. The van der Waals surface area contributed by atoms with Gasteiger partial charge in [-0.2, -0.15) is 4.98 Å². The summed E-state index contributed by atoms with van der Waals surface area (Å²) in [6.07, 6.45) is 3.57. The molecule has 4 N–H and O–H groups in total. The Labute approximate surface area is 173 Å². The van der Waals surface area contributed by atoms with Crippen LogP contribution in [0.25, 0.3) is 22.3 Å². The lowest BCUT2D eigenvalue weighted by atomic mass is 10.1. The maximum atomic E-state index is 11.8. The van der Waals surface area contributed by atoms with Gasteiger partial charge in [0.15, 0.2) is 5.82 Å². The van der Waals surface area contributed by atoms with Crippen LogP contribution in [0.15, 0.2) is 54.7 Å². The predicted octanol–water partition coefficient (Wildman–Crippen LogP) is 3.66. The molecule has 30 heavy (non-hydrogen) atoms. The molecule has 1 amide bonds. The fraction of sp³-hybridized carbons (Fsp3) is 0.174. The maximum absolute atomic E-state index is 11.8. The summed E-state index contributed by atoms with van der Waals surface area (Å²) in [7, 11) is 0. The normalized spacial score (nSPS) is 12.9. The Balaban J connectivity index is 1.58. The van der Waals surface area contributed by atoms with Crippen LogP contribution in [0.3, 0.4) is 0 Å². The smallest absolute Gasteiger partial charge is 0.249 e. The second-order valence-electron chi connectivity index (χ2n) is 7.27. The Hall–Kier alpha value is -3.87. The number of benzene rings is 2. The van der Waals surface area contributed by atoms with Crippen LogP contribution < -0.4 is 15.8 Å². The van der Waals surface area contributed by atoms with Crippen molar-refractivity contribution in [3.8, 4) is 17.4 Å². The third kappa shape index (κ3) is 3.24. The molecule has 4 aromatic rings. The van der Waals surface area contributed by atoms with E-state index in [0.29, 0.717) is 30.4 Å². The highest BCUT2D eigenvalue weighted by molar-refractivity contribution is 6.09. The Morgan fingerprint density at radius 2 is 1.97 bits per heavy atom. The lowest BCUT2D eigenvalue weighted by molar-refractivity contribution is 0.100. The number of H-pyrrole nitrogens is 1. The van der Waals surface area contributed by atoms with Crippen molar-refractivity contribution >= 4 is 22.5 Å². The number of aromatic nitrogens is 3. The minimum atomic E-state index is -0.467. The summed E-state index contributed by atoms with van der Waals surface area (Å²) in [5.41, 5.74) is 8.88. The molecule has 0 aliphatic carbocycles. The molecule has 0 unspecified atom stereocenters. The first-order valence-electron chi connectivity index (χ1n) is 9.92. The number of nitrogens with two attached hydrogens (primary N) is 1. The van der Waals surface area contributed by atoms with Crippen molar-refractivity contribution in [3.63, 3.8) is 0 Å². The molecule has 2 aromatic carbocycles. The molecule has 5 rings (SSSR count). The molecule has 0 saturated heterocycles. The molecule has 7 heteroatoms. The number of hydrogen-bond donors (Lipinski definition) is 3. The summed E-state index contributed by atoms with van der Waals surface area (Å²) in [4.78, 5) is 24.5. The average molecular weight is 399 g/mol. The van der Waals surface area contributed by atoms with Crippen LogP contribution in [0.1, 0.15) is 27.9 Å². The number of amides is 1. The van der Waals surface area contributed by atoms with Gasteiger partial charge in [-0.05, 0) is 24.5 Å². The second-order valence-corrected chi connectivity index (χ2v) is 7.27. The van der Waals surface area contributed by atoms with E-state index in [1.165, 1.54) is 5.56 Å². The van der Waals surface area contributed by atoms with Gasteiger partial charge in [0.1, 0.15) is 5.82 Å². The van der Waals surface area contributed by atoms with Crippen molar-refractivity contribution in [3.05, 3.63) is 71.4 Å². The summed E-state index contributed by atoms with van der Waals surface area (Å²) in [5.74, 6) is 1.43. The predicted molar refractivity (Wildman–Crippen MR) is 115 cm³/mol.